The van der Waals surface area contributed by atoms with Crippen molar-refractivity contribution in [1.82, 2.24) is 15.3 Å². The summed E-state index contributed by atoms with van der Waals surface area (Å²) in [6.07, 6.45) is 3.73. The normalized spacial score (nSPS) is 10.4. The minimum Gasteiger partial charge on any atom is -0.496 e. The summed E-state index contributed by atoms with van der Waals surface area (Å²) < 4.78 is 5.32. The van der Waals surface area contributed by atoms with Crippen molar-refractivity contribution >= 4 is 17.5 Å². The molecule has 6 heteroatoms. The Bertz CT molecular complexity index is 935. The standard InChI is InChI=1S/C22H24N4O2/c1-15-10-16(2)12-19(11-15)26-22-24-13-18(14-25-22)21(27)23-9-8-17-6-4-5-7-20(17)28-3/h4-7,10-14H,8-9H2,1-3H3,(H,23,27)(H,24,25,26). The minimum atomic E-state index is -0.201. The van der Waals surface area contributed by atoms with E-state index in [1.54, 1.807) is 7.11 Å². The van der Waals surface area contributed by atoms with E-state index in [0.717, 1.165) is 28.1 Å². The Morgan fingerprint density at radius 2 is 1.71 bits per heavy atom. The number of methoxy groups -OCH3 is 1. The Hall–Kier alpha value is -3.41. The SMILES string of the molecule is COc1ccccc1CCNC(=O)c1cnc(Nc2cc(C)cc(C)c2)nc1. The van der Waals surface area contributed by atoms with Gasteiger partial charge in [-0.25, -0.2) is 9.97 Å². The van der Waals surface area contributed by atoms with Gasteiger partial charge in [-0.05, 0) is 55.2 Å². The molecule has 0 radical (unpaired) electrons. The number of hydrogen-bond acceptors (Lipinski definition) is 5. The molecule has 6 nitrogen and oxygen atoms in total. The first kappa shape index (κ1) is 19.4. The number of aromatic nitrogens is 2. The van der Waals surface area contributed by atoms with Gasteiger partial charge in [0.05, 0.1) is 12.7 Å². The lowest BCUT2D eigenvalue weighted by molar-refractivity contribution is 0.0953. The monoisotopic (exact) mass is 376 g/mol. The second-order valence-corrected chi connectivity index (χ2v) is 6.61. The lowest BCUT2D eigenvalue weighted by Crippen LogP contribution is -2.26. The predicted octanol–water partition coefficient (Wildman–Crippen LogP) is 3.82. The molecule has 1 aromatic heterocycles. The number of carbonyl (C=O) groups is 1. The van der Waals surface area contributed by atoms with Gasteiger partial charge < -0.3 is 15.4 Å². The lowest BCUT2D eigenvalue weighted by atomic mass is 10.1. The summed E-state index contributed by atoms with van der Waals surface area (Å²) in [5.74, 6) is 1.07. The van der Waals surface area contributed by atoms with Crippen molar-refractivity contribution in [2.45, 2.75) is 20.3 Å². The zero-order valence-corrected chi connectivity index (χ0v) is 16.3. The fourth-order valence-corrected chi connectivity index (χ4v) is 3.01. The Morgan fingerprint density at radius 1 is 1.04 bits per heavy atom. The third kappa shape index (κ3) is 5.07. The van der Waals surface area contributed by atoms with Crippen LogP contribution in [0.2, 0.25) is 0 Å². The van der Waals surface area contributed by atoms with Crippen LogP contribution in [0.3, 0.4) is 0 Å². The molecule has 0 aliphatic heterocycles. The van der Waals surface area contributed by atoms with E-state index in [0.29, 0.717) is 24.5 Å². The van der Waals surface area contributed by atoms with Crippen LogP contribution in [0.4, 0.5) is 11.6 Å². The van der Waals surface area contributed by atoms with Crippen LogP contribution in [0.15, 0.2) is 54.9 Å². The van der Waals surface area contributed by atoms with E-state index in [1.807, 2.05) is 50.2 Å². The number of rotatable bonds is 7. The Morgan fingerprint density at radius 3 is 2.39 bits per heavy atom. The highest BCUT2D eigenvalue weighted by Gasteiger charge is 2.08. The Kier molecular flexibility index (Phi) is 6.22. The van der Waals surface area contributed by atoms with Crippen LogP contribution in [0.1, 0.15) is 27.0 Å². The van der Waals surface area contributed by atoms with Crippen LogP contribution in [-0.4, -0.2) is 29.5 Å². The minimum absolute atomic E-state index is 0.201. The van der Waals surface area contributed by atoms with Gasteiger partial charge in [-0.2, -0.15) is 0 Å². The average Bonchev–Trinajstić information content (AvgIpc) is 2.68. The number of benzene rings is 2. The summed E-state index contributed by atoms with van der Waals surface area (Å²) in [5.41, 5.74) is 4.72. The first-order valence-electron chi connectivity index (χ1n) is 9.12. The largest absolute Gasteiger partial charge is 0.496 e. The van der Waals surface area contributed by atoms with E-state index in [2.05, 4.69) is 26.7 Å². The van der Waals surface area contributed by atoms with Gasteiger partial charge in [0.25, 0.3) is 5.91 Å². The molecule has 1 amide bonds. The van der Waals surface area contributed by atoms with Gasteiger partial charge in [-0.1, -0.05) is 24.3 Å². The summed E-state index contributed by atoms with van der Waals surface area (Å²) in [5, 5.41) is 6.05. The fourth-order valence-electron chi connectivity index (χ4n) is 3.01. The quantitative estimate of drug-likeness (QED) is 0.656. The van der Waals surface area contributed by atoms with Crippen molar-refractivity contribution in [2.75, 3.05) is 19.0 Å². The molecule has 0 bridgehead atoms. The number of ether oxygens (including phenoxy) is 1. The number of para-hydroxylation sites is 1. The van der Waals surface area contributed by atoms with Crippen molar-refractivity contribution in [1.29, 1.82) is 0 Å². The number of anilines is 2. The summed E-state index contributed by atoms with van der Waals surface area (Å²) in [7, 11) is 1.64. The van der Waals surface area contributed by atoms with E-state index < -0.39 is 0 Å². The predicted molar refractivity (Wildman–Crippen MR) is 110 cm³/mol. The van der Waals surface area contributed by atoms with Crippen molar-refractivity contribution in [3.05, 3.63) is 77.1 Å². The maximum Gasteiger partial charge on any atom is 0.254 e. The number of nitrogens with one attached hydrogen (secondary N) is 2. The summed E-state index contributed by atoms with van der Waals surface area (Å²) >= 11 is 0. The van der Waals surface area contributed by atoms with E-state index >= 15 is 0 Å². The second kappa shape index (κ2) is 8.99. The van der Waals surface area contributed by atoms with Crippen molar-refractivity contribution in [3.63, 3.8) is 0 Å². The molecule has 144 valence electrons. The first-order chi connectivity index (χ1) is 13.5. The summed E-state index contributed by atoms with van der Waals surface area (Å²) in [6.45, 7) is 4.58. The number of carbonyl (C=O) groups excluding carboxylic acids is 1. The van der Waals surface area contributed by atoms with Crippen molar-refractivity contribution in [2.24, 2.45) is 0 Å². The third-order valence-electron chi connectivity index (χ3n) is 4.26. The maximum atomic E-state index is 12.3. The first-order valence-corrected chi connectivity index (χ1v) is 9.12. The molecular formula is C22H24N4O2. The zero-order chi connectivity index (χ0) is 19.9. The van der Waals surface area contributed by atoms with Crippen LogP contribution in [0.5, 0.6) is 5.75 Å². The van der Waals surface area contributed by atoms with E-state index in [4.69, 9.17) is 4.74 Å². The molecule has 3 aromatic rings. The van der Waals surface area contributed by atoms with Crippen LogP contribution in [0, 0.1) is 13.8 Å². The van der Waals surface area contributed by atoms with E-state index in [9.17, 15) is 4.79 Å². The van der Waals surface area contributed by atoms with Gasteiger partial charge in [-0.15, -0.1) is 0 Å². The third-order valence-corrected chi connectivity index (χ3v) is 4.26. The average molecular weight is 376 g/mol. The van der Waals surface area contributed by atoms with E-state index in [-0.39, 0.29) is 5.91 Å². The van der Waals surface area contributed by atoms with Crippen LogP contribution >= 0.6 is 0 Å². The van der Waals surface area contributed by atoms with Gasteiger partial charge in [0.1, 0.15) is 5.75 Å². The molecule has 0 atom stereocenters. The molecule has 0 aliphatic carbocycles. The van der Waals surface area contributed by atoms with Gasteiger partial charge in [0, 0.05) is 24.6 Å². The second-order valence-electron chi connectivity index (χ2n) is 6.61. The molecule has 0 unspecified atom stereocenters. The smallest absolute Gasteiger partial charge is 0.254 e. The highest BCUT2D eigenvalue weighted by Crippen LogP contribution is 2.18. The maximum absolute atomic E-state index is 12.3. The highest BCUT2D eigenvalue weighted by molar-refractivity contribution is 5.93. The van der Waals surface area contributed by atoms with Crippen LogP contribution in [0.25, 0.3) is 0 Å². The molecular weight excluding hydrogens is 352 g/mol. The van der Waals surface area contributed by atoms with Crippen molar-refractivity contribution < 1.29 is 9.53 Å². The highest BCUT2D eigenvalue weighted by atomic mass is 16.5. The van der Waals surface area contributed by atoms with Crippen LogP contribution < -0.4 is 15.4 Å². The van der Waals surface area contributed by atoms with E-state index in [1.165, 1.54) is 12.4 Å². The molecule has 0 saturated heterocycles. The number of amides is 1. The number of aryl methyl sites for hydroxylation is 2. The summed E-state index contributed by atoms with van der Waals surface area (Å²) in [4.78, 5) is 20.8. The number of hydrogen-bond donors (Lipinski definition) is 2. The molecule has 0 aliphatic rings. The summed E-state index contributed by atoms with van der Waals surface area (Å²) in [6, 6.07) is 13.9. The molecule has 2 aromatic carbocycles. The Labute approximate surface area is 165 Å². The lowest BCUT2D eigenvalue weighted by Gasteiger charge is -2.10. The molecule has 0 spiro atoms. The molecule has 3 rings (SSSR count). The van der Waals surface area contributed by atoms with Gasteiger partial charge >= 0.3 is 0 Å². The Balaban J connectivity index is 1.56. The molecule has 28 heavy (non-hydrogen) atoms. The van der Waals surface area contributed by atoms with Crippen LogP contribution in [-0.2, 0) is 6.42 Å². The topological polar surface area (TPSA) is 76.1 Å². The van der Waals surface area contributed by atoms with Gasteiger partial charge in [0.2, 0.25) is 5.95 Å². The number of nitrogens with zero attached hydrogens (tertiary/aromatic N) is 2. The van der Waals surface area contributed by atoms with Crippen molar-refractivity contribution in [3.8, 4) is 5.75 Å². The van der Waals surface area contributed by atoms with Gasteiger partial charge in [0.15, 0.2) is 0 Å². The zero-order valence-electron chi connectivity index (χ0n) is 16.3. The molecule has 2 N–H and O–H groups in total. The molecule has 1 heterocycles. The fraction of sp³-hybridized carbons (Fsp3) is 0.227. The molecule has 0 saturated carbocycles. The van der Waals surface area contributed by atoms with Gasteiger partial charge in [-0.3, -0.25) is 4.79 Å². The molecule has 0 fully saturated rings.